The van der Waals surface area contributed by atoms with E-state index in [1.54, 1.807) is 12.1 Å². The average Bonchev–Trinajstić information content (AvgIpc) is 3.33. The van der Waals surface area contributed by atoms with Gasteiger partial charge in [0.1, 0.15) is 0 Å². The lowest BCUT2D eigenvalue weighted by Crippen LogP contribution is -2.37. The summed E-state index contributed by atoms with van der Waals surface area (Å²) >= 11 is 0. The molecule has 1 aliphatic heterocycles. The Labute approximate surface area is 125 Å². The minimum absolute atomic E-state index is 0.144. The monoisotopic (exact) mass is 294 g/mol. The second-order valence-corrected chi connectivity index (χ2v) is 6.40. The highest BCUT2D eigenvalue weighted by Gasteiger charge is 2.31. The molecule has 1 aromatic rings. The number of hydrogen-bond donors (Lipinski definition) is 1. The van der Waals surface area contributed by atoms with E-state index in [1.807, 2.05) is 6.07 Å². The second kappa shape index (κ2) is 6.84. The summed E-state index contributed by atoms with van der Waals surface area (Å²) in [4.78, 5) is 2.51. The highest BCUT2D eigenvalue weighted by Crippen LogP contribution is 2.31. The largest absolute Gasteiger partial charge is 0.317 e. The van der Waals surface area contributed by atoms with Crippen LogP contribution in [0, 0.1) is 5.92 Å². The minimum atomic E-state index is -2.37. The molecule has 1 N–H and O–H groups in total. The van der Waals surface area contributed by atoms with Crippen LogP contribution in [0.25, 0.3) is 0 Å². The van der Waals surface area contributed by atoms with Crippen molar-refractivity contribution in [3.63, 3.8) is 0 Å². The molecule has 1 aliphatic carbocycles. The van der Waals surface area contributed by atoms with Gasteiger partial charge in [0, 0.05) is 24.7 Å². The number of nitrogens with zero attached hydrogens (tertiary/aromatic N) is 1. The zero-order chi connectivity index (χ0) is 14.7. The standard InChI is InChI=1S/C17H24F2N2/c18-17(19)15-3-1-2-14(10-15)12-21(16-4-5-16)11-13-6-8-20-9-7-13/h1-3,10,13,16-17,20H,4-9,11-12H2. The molecule has 2 fully saturated rings. The molecule has 1 aromatic carbocycles. The highest BCUT2D eigenvalue weighted by atomic mass is 19.3. The number of alkyl halides is 2. The molecule has 1 saturated heterocycles. The second-order valence-electron chi connectivity index (χ2n) is 6.40. The van der Waals surface area contributed by atoms with Crippen LogP contribution in [0.5, 0.6) is 0 Å². The van der Waals surface area contributed by atoms with E-state index in [4.69, 9.17) is 0 Å². The number of piperidine rings is 1. The molecule has 2 aliphatic rings. The first-order chi connectivity index (χ1) is 10.2. The van der Waals surface area contributed by atoms with Crippen molar-refractivity contribution in [2.45, 2.75) is 44.7 Å². The number of benzene rings is 1. The summed E-state index contributed by atoms with van der Waals surface area (Å²) in [6.45, 7) is 4.16. The first-order valence-corrected chi connectivity index (χ1v) is 8.04. The Hall–Kier alpha value is -1.00. The van der Waals surface area contributed by atoms with E-state index >= 15 is 0 Å². The molecule has 0 atom stereocenters. The number of hydrogen-bond acceptors (Lipinski definition) is 2. The van der Waals surface area contributed by atoms with Gasteiger partial charge in [0.15, 0.2) is 0 Å². The molecule has 0 radical (unpaired) electrons. The van der Waals surface area contributed by atoms with Crippen LogP contribution >= 0.6 is 0 Å². The Balaban J connectivity index is 1.63. The lowest BCUT2D eigenvalue weighted by atomic mass is 9.97. The van der Waals surface area contributed by atoms with Crippen LogP contribution in [0.2, 0.25) is 0 Å². The van der Waals surface area contributed by atoms with Crippen LogP contribution in [-0.4, -0.2) is 30.6 Å². The highest BCUT2D eigenvalue weighted by molar-refractivity contribution is 5.24. The van der Waals surface area contributed by atoms with Crippen LogP contribution in [0.3, 0.4) is 0 Å². The molecule has 4 heteroatoms. The Kier molecular flexibility index (Phi) is 4.86. The fraction of sp³-hybridized carbons (Fsp3) is 0.647. The maximum absolute atomic E-state index is 12.8. The van der Waals surface area contributed by atoms with Crippen molar-refractivity contribution in [2.24, 2.45) is 5.92 Å². The van der Waals surface area contributed by atoms with Crippen molar-refractivity contribution in [1.82, 2.24) is 10.2 Å². The third-order valence-corrected chi connectivity index (χ3v) is 4.60. The molecule has 0 aromatic heterocycles. The normalized spacial score (nSPS) is 20.4. The maximum atomic E-state index is 12.8. The number of rotatable bonds is 6. The molecule has 0 unspecified atom stereocenters. The van der Waals surface area contributed by atoms with Gasteiger partial charge in [-0.2, -0.15) is 0 Å². The first kappa shape index (κ1) is 14.9. The average molecular weight is 294 g/mol. The van der Waals surface area contributed by atoms with Crippen LogP contribution in [0.4, 0.5) is 8.78 Å². The van der Waals surface area contributed by atoms with Crippen molar-refractivity contribution in [3.05, 3.63) is 35.4 Å². The van der Waals surface area contributed by atoms with Crippen molar-refractivity contribution in [2.75, 3.05) is 19.6 Å². The Morgan fingerprint density at radius 1 is 1.14 bits per heavy atom. The summed E-state index contributed by atoms with van der Waals surface area (Å²) in [5.41, 5.74) is 1.17. The SMILES string of the molecule is FC(F)c1cccc(CN(CC2CCNCC2)C2CC2)c1. The van der Waals surface area contributed by atoms with E-state index in [-0.39, 0.29) is 5.56 Å². The van der Waals surface area contributed by atoms with Crippen molar-refractivity contribution >= 4 is 0 Å². The number of nitrogens with one attached hydrogen (secondary N) is 1. The summed E-state index contributed by atoms with van der Waals surface area (Å²) in [6.07, 6.45) is 2.63. The van der Waals surface area contributed by atoms with Gasteiger partial charge in [0.05, 0.1) is 0 Å². The topological polar surface area (TPSA) is 15.3 Å². The van der Waals surface area contributed by atoms with Crippen LogP contribution in [-0.2, 0) is 6.54 Å². The maximum Gasteiger partial charge on any atom is 0.263 e. The van der Waals surface area contributed by atoms with E-state index in [0.29, 0.717) is 6.04 Å². The van der Waals surface area contributed by atoms with E-state index in [1.165, 1.54) is 31.7 Å². The van der Waals surface area contributed by atoms with Gasteiger partial charge in [0.25, 0.3) is 6.43 Å². The smallest absolute Gasteiger partial charge is 0.263 e. The molecule has 1 saturated carbocycles. The third kappa shape index (κ3) is 4.24. The zero-order valence-corrected chi connectivity index (χ0v) is 12.4. The predicted molar refractivity (Wildman–Crippen MR) is 80.4 cm³/mol. The fourth-order valence-corrected chi connectivity index (χ4v) is 3.24. The minimum Gasteiger partial charge on any atom is -0.317 e. The van der Waals surface area contributed by atoms with E-state index in [2.05, 4.69) is 10.2 Å². The first-order valence-electron chi connectivity index (χ1n) is 8.04. The lowest BCUT2D eigenvalue weighted by molar-refractivity contribution is 0.151. The van der Waals surface area contributed by atoms with Gasteiger partial charge in [-0.05, 0) is 56.3 Å². The molecular weight excluding hydrogens is 270 g/mol. The van der Waals surface area contributed by atoms with Crippen molar-refractivity contribution < 1.29 is 8.78 Å². The zero-order valence-electron chi connectivity index (χ0n) is 12.4. The van der Waals surface area contributed by atoms with Gasteiger partial charge >= 0.3 is 0 Å². The molecule has 0 bridgehead atoms. The Bertz CT molecular complexity index is 454. The van der Waals surface area contributed by atoms with Crippen LogP contribution in [0.15, 0.2) is 24.3 Å². The van der Waals surface area contributed by atoms with E-state index in [9.17, 15) is 8.78 Å². The molecule has 0 spiro atoms. The van der Waals surface area contributed by atoms with Gasteiger partial charge in [-0.3, -0.25) is 4.90 Å². The molecular formula is C17H24F2N2. The predicted octanol–water partition coefficient (Wildman–Crippen LogP) is 3.59. The summed E-state index contributed by atoms with van der Waals surface area (Å²) < 4.78 is 25.6. The van der Waals surface area contributed by atoms with Gasteiger partial charge < -0.3 is 5.32 Å². The quantitative estimate of drug-likeness (QED) is 0.862. The van der Waals surface area contributed by atoms with Gasteiger partial charge in [-0.1, -0.05) is 18.2 Å². The van der Waals surface area contributed by atoms with E-state index in [0.717, 1.165) is 37.7 Å². The van der Waals surface area contributed by atoms with Gasteiger partial charge in [0.2, 0.25) is 0 Å². The third-order valence-electron chi connectivity index (χ3n) is 4.60. The molecule has 21 heavy (non-hydrogen) atoms. The molecule has 1 heterocycles. The molecule has 2 nitrogen and oxygen atoms in total. The van der Waals surface area contributed by atoms with Crippen molar-refractivity contribution in [1.29, 1.82) is 0 Å². The summed E-state index contributed by atoms with van der Waals surface area (Å²) in [7, 11) is 0. The molecule has 116 valence electrons. The summed E-state index contributed by atoms with van der Waals surface area (Å²) in [5, 5.41) is 3.40. The molecule has 0 amide bonds. The van der Waals surface area contributed by atoms with Crippen LogP contribution < -0.4 is 5.32 Å². The Morgan fingerprint density at radius 3 is 2.57 bits per heavy atom. The lowest BCUT2D eigenvalue weighted by Gasteiger charge is -2.30. The van der Waals surface area contributed by atoms with Crippen molar-refractivity contribution in [3.8, 4) is 0 Å². The van der Waals surface area contributed by atoms with Gasteiger partial charge in [-0.25, -0.2) is 8.78 Å². The van der Waals surface area contributed by atoms with Crippen LogP contribution in [0.1, 0.15) is 43.2 Å². The number of halogens is 2. The summed E-state index contributed by atoms with van der Waals surface area (Å²) in [5.74, 6) is 0.755. The van der Waals surface area contributed by atoms with Gasteiger partial charge in [-0.15, -0.1) is 0 Å². The Morgan fingerprint density at radius 2 is 1.90 bits per heavy atom. The fourth-order valence-electron chi connectivity index (χ4n) is 3.24. The van der Waals surface area contributed by atoms with E-state index < -0.39 is 6.43 Å². The molecule has 3 rings (SSSR count). The summed E-state index contributed by atoms with van der Waals surface area (Å²) in [6, 6.07) is 7.59.